The molecule has 0 heterocycles. The SMILES string of the molecule is CCCCCC(=O)N(C)CCS(=O)(=O)O.[Na]. The second-order valence-electron chi connectivity index (χ2n) is 3.56. The van der Waals surface area contributed by atoms with Crippen LogP contribution in [0.1, 0.15) is 32.6 Å². The van der Waals surface area contributed by atoms with Crippen molar-refractivity contribution in [3.8, 4) is 0 Å². The summed E-state index contributed by atoms with van der Waals surface area (Å²) in [6.07, 6.45) is 3.31. The quantitative estimate of drug-likeness (QED) is 0.412. The first kappa shape index (κ1) is 18.7. The Kier molecular flexibility index (Phi) is 11.0. The van der Waals surface area contributed by atoms with Crippen molar-refractivity contribution in [3.63, 3.8) is 0 Å². The second kappa shape index (κ2) is 9.41. The van der Waals surface area contributed by atoms with Crippen molar-refractivity contribution < 1.29 is 17.8 Å². The third kappa shape index (κ3) is 10.9. The van der Waals surface area contributed by atoms with Gasteiger partial charge in [0.2, 0.25) is 5.91 Å². The van der Waals surface area contributed by atoms with Crippen LogP contribution in [-0.4, -0.2) is 72.7 Å². The van der Waals surface area contributed by atoms with Gasteiger partial charge in [-0.1, -0.05) is 19.8 Å². The molecule has 0 saturated heterocycles. The fraction of sp³-hybridized carbons (Fsp3) is 0.889. The summed E-state index contributed by atoms with van der Waals surface area (Å²) in [7, 11) is -2.43. The Bertz CT molecular complexity index is 292. The largest absolute Gasteiger partial charge is 0.345 e. The van der Waals surface area contributed by atoms with Gasteiger partial charge in [-0.15, -0.1) is 0 Å². The first-order chi connectivity index (χ1) is 6.87. The molecular formula is C9H19NNaO4S. The van der Waals surface area contributed by atoms with Crippen LogP contribution in [0.15, 0.2) is 0 Å². The Morgan fingerprint density at radius 2 is 1.88 bits per heavy atom. The van der Waals surface area contributed by atoms with Gasteiger partial charge in [0.1, 0.15) is 0 Å². The molecule has 0 unspecified atom stereocenters. The molecule has 0 rings (SSSR count). The zero-order valence-corrected chi connectivity index (χ0v) is 13.1. The van der Waals surface area contributed by atoms with Gasteiger partial charge in [-0.25, -0.2) is 0 Å². The summed E-state index contributed by atoms with van der Waals surface area (Å²) in [5.74, 6) is -0.477. The summed E-state index contributed by atoms with van der Waals surface area (Å²) in [5.41, 5.74) is 0. The van der Waals surface area contributed by atoms with Crippen molar-refractivity contribution in [2.45, 2.75) is 32.6 Å². The van der Waals surface area contributed by atoms with E-state index in [4.69, 9.17) is 4.55 Å². The van der Waals surface area contributed by atoms with Crippen LogP contribution in [-0.2, 0) is 14.9 Å². The van der Waals surface area contributed by atoms with Crippen LogP contribution in [0.3, 0.4) is 0 Å². The second-order valence-corrected chi connectivity index (χ2v) is 5.13. The summed E-state index contributed by atoms with van der Waals surface area (Å²) in [4.78, 5) is 12.7. The van der Waals surface area contributed by atoms with Crippen LogP contribution in [0.25, 0.3) is 0 Å². The Labute approximate surface area is 120 Å². The third-order valence-corrected chi connectivity index (χ3v) is 2.80. The van der Waals surface area contributed by atoms with Crippen LogP contribution in [0, 0.1) is 0 Å². The molecule has 0 aliphatic heterocycles. The summed E-state index contributed by atoms with van der Waals surface area (Å²) in [5, 5.41) is 0. The molecule has 1 N–H and O–H groups in total. The van der Waals surface area contributed by atoms with E-state index < -0.39 is 15.9 Å². The fourth-order valence-electron chi connectivity index (χ4n) is 1.09. The van der Waals surface area contributed by atoms with Crippen LogP contribution in [0.5, 0.6) is 0 Å². The van der Waals surface area contributed by atoms with Crippen molar-refractivity contribution in [1.82, 2.24) is 4.90 Å². The van der Waals surface area contributed by atoms with Crippen LogP contribution >= 0.6 is 0 Å². The Hall–Kier alpha value is 0.380. The number of unbranched alkanes of at least 4 members (excludes halogenated alkanes) is 2. The molecule has 0 saturated carbocycles. The molecule has 0 fully saturated rings. The van der Waals surface area contributed by atoms with Crippen LogP contribution in [0.4, 0.5) is 0 Å². The van der Waals surface area contributed by atoms with Gasteiger partial charge in [-0.05, 0) is 6.42 Å². The van der Waals surface area contributed by atoms with E-state index >= 15 is 0 Å². The Morgan fingerprint density at radius 3 is 2.31 bits per heavy atom. The number of nitrogens with zero attached hydrogens (tertiary/aromatic N) is 1. The molecule has 16 heavy (non-hydrogen) atoms. The zero-order chi connectivity index (χ0) is 11.9. The molecule has 0 aromatic carbocycles. The molecule has 5 nitrogen and oxygen atoms in total. The van der Waals surface area contributed by atoms with E-state index in [0.29, 0.717) is 6.42 Å². The average Bonchev–Trinajstić information content (AvgIpc) is 2.13. The van der Waals surface area contributed by atoms with Crippen LogP contribution < -0.4 is 0 Å². The summed E-state index contributed by atoms with van der Waals surface area (Å²) < 4.78 is 29.4. The van der Waals surface area contributed by atoms with Crippen molar-refractivity contribution in [1.29, 1.82) is 0 Å². The minimum atomic E-state index is -3.97. The maximum Gasteiger partial charge on any atom is 0.266 e. The zero-order valence-electron chi connectivity index (χ0n) is 10.3. The molecule has 0 aromatic rings. The van der Waals surface area contributed by atoms with Gasteiger partial charge in [0, 0.05) is 49.6 Å². The fourth-order valence-corrected chi connectivity index (χ4v) is 1.60. The van der Waals surface area contributed by atoms with Gasteiger partial charge >= 0.3 is 0 Å². The minimum Gasteiger partial charge on any atom is -0.345 e. The first-order valence-corrected chi connectivity index (χ1v) is 6.67. The van der Waals surface area contributed by atoms with Crippen LogP contribution in [0.2, 0.25) is 0 Å². The predicted molar refractivity (Wildman–Crippen MR) is 63.9 cm³/mol. The molecule has 0 bridgehead atoms. The van der Waals surface area contributed by atoms with Gasteiger partial charge < -0.3 is 4.90 Å². The van der Waals surface area contributed by atoms with E-state index in [1.165, 1.54) is 4.90 Å². The van der Waals surface area contributed by atoms with Crippen molar-refractivity contribution in [3.05, 3.63) is 0 Å². The number of rotatable bonds is 7. The van der Waals surface area contributed by atoms with Gasteiger partial charge in [0.15, 0.2) is 0 Å². The number of hydrogen-bond acceptors (Lipinski definition) is 3. The van der Waals surface area contributed by atoms with E-state index in [1.807, 2.05) is 6.92 Å². The molecule has 0 spiro atoms. The predicted octanol–water partition coefficient (Wildman–Crippen LogP) is 0.532. The maximum atomic E-state index is 11.4. The molecule has 0 atom stereocenters. The number of amides is 1. The van der Waals surface area contributed by atoms with E-state index in [1.54, 1.807) is 7.05 Å². The van der Waals surface area contributed by atoms with Gasteiger partial charge in [0.25, 0.3) is 10.1 Å². The third-order valence-electron chi connectivity index (χ3n) is 2.10. The van der Waals surface area contributed by atoms with Crippen molar-refractivity contribution >= 4 is 45.6 Å². The number of carbonyl (C=O) groups is 1. The van der Waals surface area contributed by atoms with Crippen molar-refractivity contribution in [2.24, 2.45) is 0 Å². The topological polar surface area (TPSA) is 74.7 Å². The minimum absolute atomic E-state index is 0. The average molecular weight is 260 g/mol. The monoisotopic (exact) mass is 260 g/mol. The molecule has 0 aliphatic rings. The summed E-state index contributed by atoms with van der Waals surface area (Å²) in [6.45, 7) is 2.09. The molecular weight excluding hydrogens is 241 g/mol. The maximum absolute atomic E-state index is 11.4. The Morgan fingerprint density at radius 1 is 1.31 bits per heavy atom. The number of carbonyl (C=O) groups excluding carboxylic acids is 1. The van der Waals surface area contributed by atoms with E-state index in [0.717, 1.165) is 19.3 Å². The van der Waals surface area contributed by atoms with Gasteiger partial charge in [0.05, 0.1) is 5.75 Å². The normalized spacial score (nSPS) is 10.7. The van der Waals surface area contributed by atoms with Gasteiger partial charge in [-0.2, -0.15) is 8.42 Å². The molecule has 7 heteroatoms. The van der Waals surface area contributed by atoms with E-state index in [-0.39, 0.29) is 42.0 Å². The first-order valence-electron chi connectivity index (χ1n) is 5.06. The molecule has 1 amide bonds. The standard InChI is InChI=1S/C9H19NO4S.Na/c1-3-4-5-6-9(11)10(2)7-8-15(12,13)14;/h3-8H2,1-2H3,(H,12,13,14);. The molecule has 91 valence electrons. The summed E-state index contributed by atoms with van der Waals surface area (Å²) in [6, 6.07) is 0. The smallest absolute Gasteiger partial charge is 0.266 e. The molecule has 0 aromatic heterocycles. The van der Waals surface area contributed by atoms with Crippen molar-refractivity contribution in [2.75, 3.05) is 19.3 Å². The molecule has 1 radical (unpaired) electrons. The molecule has 0 aliphatic carbocycles. The van der Waals surface area contributed by atoms with E-state index in [2.05, 4.69) is 0 Å². The number of hydrogen-bond donors (Lipinski definition) is 1. The van der Waals surface area contributed by atoms with Gasteiger partial charge in [-0.3, -0.25) is 9.35 Å². The van der Waals surface area contributed by atoms with E-state index in [9.17, 15) is 13.2 Å². The summed E-state index contributed by atoms with van der Waals surface area (Å²) >= 11 is 0. The Balaban J connectivity index is 0.